The minimum atomic E-state index is -0.317. The summed E-state index contributed by atoms with van der Waals surface area (Å²) in [6.07, 6.45) is 0.362. The molecule has 138 valence electrons. The molecule has 1 N–H and O–H groups in total. The number of benzene rings is 2. The highest BCUT2D eigenvalue weighted by Crippen LogP contribution is 2.16. The van der Waals surface area contributed by atoms with Crippen molar-refractivity contribution in [3.63, 3.8) is 0 Å². The van der Waals surface area contributed by atoms with E-state index in [1.807, 2.05) is 24.3 Å². The van der Waals surface area contributed by atoms with Gasteiger partial charge in [0.2, 0.25) is 0 Å². The van der Waals surface area contributed by atoms with Crippen molar-refractivity contribution in [1.82, 2.24) is 15.2 Å². The molecule has 8 heteroatoms. The SMILES string of the molecule is COc1ccc(Cc2nnc(SCC(=O)c3ccc(Cl)cc3)[nH]c2=O)cc1. The Labute approximate surface area is 164 Å². The molecule has 1 aromatic heterocycles. The smallest absolute Gasteiger partial charge is 0.273 e. The van der Waals surface area contributed by atoms with Gasteiger partial charge in [-0.25, -0.2) is 0 Å². The van der Waals surface area contributed by atoms with Crippen molar-refractivity contribution in [2.75, 3.05) is 12.9 Å². The summed E-state index contributed by atoms with van der Waals surface area (Å²) in [5.74, 6) is 0.807. The molecule has 0 atom stereocenters. The normalized spacial score (nSPS) is 10.6. The number of ether oxygens (including phenoxy) is 1. The van der Waals surface area contributed by atoms with Crippen LogP contribution in [0.15, 0.2) is 58.5 Å². The zero-order chi connectivity index (χ0) is 19.2. The van der Waals surface area contributed by atoms with Crippen LogP contribution in [0, 0.1) is 0 Å². The molecule has 0 aliphatic heterocycles. The Morgan fingerprint density at radius 2 is 1.81 bits per heavy atom. The van der Waals surface area contributed by atoms with Crippen LogP contribution in [0.25, 0.3) is 0 Å². The molecule has 0 aliphatic rings. The molecular weight excluding hydrogens is 386 g/mol. The number of Topliss-reactive ketones (excluding diaryl/α,β-unsaturated/α-hetero) is 1. The Hall–Kier alpha value is -2.64. The van der Waals surface area contributed by atoms with Gasteiger partial charge in [0.05, 0.1) is 12.9 Å². The van der Waals surface area contributed by atoms with E-state index in [4.69, 9.17) is 16.3 Å². The average Bonchev–Trinajstić information content (AvgIpc) is 2.69. The number of nitrogens with zero attached hydrogens (tertiary/aromatic N) is 2. The van der Waals surface area contributed by atoms with Crippen molar-refractivity contribution in [2.45, 2.75) is 11.6 Å². The Bertz CT molecular complexity index is 988. The highest BCUT2D eigenvalue weighted by atomic mass is 35.5. The monoisotopic (exact) mass is 401 g/mol. The fourth-order valence-electron chi connectivity index (χ4n) is 2.32. The molecule has 0 radical (unpaired) electrons. The second-order valence-electron chi connectivity index (χ2n) is 5.65. The fraction of sp³-hybridized carbons (Fsp3) is 0.158. The predicted molar refractivity (Wildman–Crippen MR) is 105 cm³/mol. The molecule has 0 aliphatic carbocycles. The lowest BCUT2D eigenvalue weighted by Gasteiger charge is -2.04. The quantitative estimate of drug-likeness (QED) is 0.482. The third-order valence-electron chi connectivity index (χ3n) is 3.78. The third-order valence-corrected chi connectivity index (χ3v) is 4.90. The van der Waals surface area contributed by atoms with E-state index in [2.05, 4.69) is 15.2 Å². The Morgan fingerprint density at radius 1 is 1.11 bits per heavy atom. The molecule has 0 amide bonds. The number of nitrogens with one attached hydrogen (secondary N) is 1. The van der Waals surface area contributed by atoms with Gasteiger partial charge in [-0.05, 0) is 42.0 Å². The van der Waals surface area contributed by atoms with Gasteiger partial charge in [0, 0.05) is 17.0 Å². The van der Waals surface area contributed by atoms with Crippen LogP contribution in [-0.2, 0) is 6.42 Å². The van der Waals surface area contributed by atoms with Gasteiger partial charge in [0.25, 0.3) is 5.56 Å². The number of hydrogen-bond donors (Lipinski definition) is 1. The number of methoxy groups -OCH3 is 1. The van der Waals surface area contributed by atoms with Crippen molar-refractivity contribution in [3.8, 4) is 5.75 Å². The number of rotatable bonds is 7. The summed E-state index contributed by atoms with van der Waals surface area (Å²) in [5, 5.41) is 8.89. The van der Waals surface area contributed by atoms with Gasteiger partial charge in [-0.1, -0.05) is 35.5 Å². The molecule has 3 rings (SSSR count). The maximum absolute atomic E-state index is 12.2. The molecule has 27 heavy (non-hydrogen) atoms. The summed E-state index contributed by atoms with van der Waals surface area (Å²) in [6.45, 7) is 0. The van der Waals surface area contributed by atoms with Crippen molar-refractivity contribution in [3.05, 3.63) is 80.7 Å². The van der Waals surface area contributed by atoms with Crippen LogP contribution in [0.3, 0.4) is 0 Å². The molecule has 0 bridgehead atoms. The van der Waals surface area contributed by atoms with E-state index >= 15 is 0 Å². The average molecular weight is 402 g/mol. The van der Waals surface area contributed by atoms with Crippen LogP contribution in [0.2, 0.25) is 5.02 Å². The molecule has 0 fully saturated rings. The number of hydrogen-bond acceptors (Lipinski definition) is 6. The third kappa shape index (κ3) is 5.18. The van der Waals surface area contributed by atoms with E-state index in [1.54, 1.807) is 31.4 Å². The lowest BCUT2D eigenvalue weighted by atomic mass is 10.1. The van der Waals surface area contributed by atoms with E-state index in [-0.39, 0.29) is 17.1 Å². The first kappa shape index (κ1) is 19.1. The number of H-pyrrole nitrogens is 1. The first-order valence-electron chi connectivity index (χ1n) is 8.05. The topological polar surface area (TPSA) is 84.9 Å². The van der Waals surface area contributed by atoms with E-state index < -0.39 is 0 Å². The Morgan fingerprint density at radius 3 is 2.44 bits per heavy atom. The number of aromatic nitrogens is 3. The lowest BCUT2D eigenvalue weighted by Crippen LogP contribution is -2.18. The minimum Gasteiger partial charge on any atom is -0.497 e. The molecule has 1 heterocycles. The van der Waals surface area contributed by atoms with Gasteiger partial charge < -0.3 is 4.74 Å². The molecule has 3 aromatic rings. The highest BCUT2D eigenvalue weighted by Gasteiger charge is 2.10. The largest absolute Gasteiger partial charge is 0.497 e. The van der Waals surface area contributed by atoms with Crippen LogP contribution < -0.4 is 10.3 Å². The summed E-state index contributed by atoms with van der Waals surface area (Å²) in [4.78, 5) is 27.1. The Kier molecular flexibility index (Phi) is 6.26. The van der Waals surface area contributed by atoms with Gasteiger partial charge in [-0.2, -0.15) is 0 Å². The minimum absolute atomic E-state index is 0.0818. The lowest BCUT2D eigenvalue weighted by molar-refractivity contribution is 0.102. The second-order valence-corrected chi connectivity index (χ2v) is 7.05. The molecular formula is C19H16ClN3O3S. The second kappa shape index (κ2) is 8.83. The highest BCUT2D eigenvalue weighted by molar-refractivity contribution is 7.99. The van der Waals surface area contributed by atoms with Crippen LogP contribution in [0.5, 0.6) is 5.75 Å². The maximum Gasteiger partial charge on any atom is 0.273 e. The summed E-state index contributed by atoms with van der Waals surface area (Å²) in [5.41, 5.74) is 1.48. The van der Waals surface area contributed by atoms with Crippen molar-refractivity contribution >= 4 is 29.1 Å². The molecule has 6 nitrogen and oxygen atoms in total. The number of thioether (sulfide) groups is 1. The van der Waals surface area contributed by atoms with Crippen molar-refractivity contribution in [1.29, 1.82) is 0 Å². The van der Waals surface area contributed by atoms with Crippen LogP contribution >= 0.6 is 23.4 Å². The number of halogens is 1. The van der Waals surface area contributed by atoms with Gasteiger partial charge in [0.1, 0.15) is 11.4 Å². The van der Waals surface area contributed by atoms with E-state index in [1.165, 1.54) is 0 Å². The van der Waals surface area contributed by atoms with E-state index in [0.29, 0.717) is 27.9 Å². The summed E-state index contributed by atoms with van der Waals surface area (Å²) >= 11 is 6.95. The van der Waals surface area contributed by atoms with Crippen LogP contribution in [-0.4, -0.2) is 33.8 Å². The van der Waals surface area contributed by atoms with E-state index in [0.717, 1.165) is 23.1 Å². The predicted octanol–water partition coefficient (Wildman–Crippen LogP) is 3.39. The molecule has 2 aromatic carbocycles. The first-order chi connectivity index (χ1) is 13.0. The summed E-state index contributed by atoms with van der Waals surface area (Å²) in [7, 11) is 1.60. The van der Waals surface area contributed by atoms with Crippen molar-refractivity contribution in [2.24, 2.45) is 0 Å². The maximum atomic E-state index is 12.2. The van der Waals surface area contributed by atoms with E-state index in [9.17, 15) is 9.59 Å². The molecule has 0 unspecified atom stereocenters. The fourth-order valence-corrected chi connectivity index (χ4v) is 3.14. The standard InChI is InChI=1S/C19H16ClN3O3S/c1-26-15-8-2-12(3-9-15)10-16-18(25)21-19(23-22-16)27-11-17(24)13-4-6-14(20)7-5-13/h2-9H,10-11H2,1H3,(H,21,23,25). The van der Waals surface area contributed by atoms with Gasteiger partial charge in [-0.15, -0.1) is 10.2 Å². The first-order valence-corrected chi connectivity index (χ1v) is 9.42. The van der Waals surface area contributed by atoms with Crippen LogP contribution in [0.4, 0.5) is 0 Å². The van der Waals surface area contributed by atoms with Gasteiger partial charge in [-0.3, -0.25) is 14.6 Å². The zero-order valence-corrected chi connectivity index (χ0v) is 16.0. The Balaban J connectivity index is 1.62. The zero-order valence-electron chi connectivity index (χ0n) is 14.4. The van der Waals surface area contributed by atoms with Crippen molar-refractivity contribution < 1.29 is 9.53 Å². The molecule has 0 saturated heterocycles. The molecule has 0 spiro atoms. The number of carbonyl (C=O) groups is 1. The van der Waals surface area contributed by atoms with Gasteiger partial charge >= 0.3 is 0 Å². The number of carbonyl (C=O) groups excluding carboxylic acids is 1. The van der Waals surface area contributed by atoms with Gasteiger partial charge in [0.15, 0.2) is 10.9 Å². The number of ketones is 1. The summed E-state index contributed by atoms with van der Waals surface area (Å²) in [6, 6.07) is 14.0. The number of aromatic amines is 1. The van der Waals surface area contributed by atoms with Crippen LogP contribution in [0.1, 0.15) is 21.6 Å². The summed E-state index contributed by atoms with van der Waals surface area (Å²) < 4.78 is 5.11. The molecule has 0 saturated carbocycles.